The lowest BCUT2D eigenvalue weighted by Gasteiger charge is -2.07. The van der Waals surface area contributed by atoms with Crippen molar-refractivity contribution in [3.8, 4) is 0 Å². The van der Waals surface area contributed by atoms with Gasteiger partial charge in [-0.2, -0.15) is 0 Å². The van der Waals surface area contributed by atoms with Gasteiger partial charge in [0.2, 0.25) is 0 Å². The van der Waals surface area contributed by atoms with Crippen LogP contribution in [0.15, 0.2) is 0 Å². The number of nitrogens with one attached hydrogen (secondary N) is 1. The van der Waals surface area contributed by atoms with E-state index in [4.69, 9.17) is 23.7 Å². The van der Waals surface area contributed by atoms with Crippen LogP contribution in [0.5, 0.6) is 0 Å². The van der Waals surface area contributed by atoms with Gasteiger partial charge in [-0.3, -0.25) is 0 Å². The van der Waals surface area contributed by atoms with Gasteiger partial charge in [-0.25, -0.2) is 0 Å². The first kappa shape index (κ1) is 20.8. The van der Waals surface area contributed by atoms with E-state index in [0.29, 0.717) is 52.9 Å². The van der Waals surface area contributed by atoms with E-state index < -0.39 is 0 Å². The molecule has 0 radical (unpaired) electrons. The van der Waals surface area contributed by atoms with Crippen LogP contribution < -0.4 is 5.32 Å². The van der Waals surface area contributed by atoms with Crippen LogP contribution in [0.25, 0.3) is 0 Å². The molecule has 0 bridgehead atoms. The van der Waals surface area contributed by atoms with E-state index in [9.17, 15) is 0 Å². The minimum atomic E-state index is 0.590. The summed E-state index contributed by atoms with van der Waals surface area (Å²) in [6.45, 7) is 12.5. The highest BCUT2D eigenvalue weighted by Crippen LogP contribution is 1.84. The maximum Gasteiger partial charge on any atom is 0.0701 e. The van der Waals surface area contributed by atoms with Gasteiger partial charge in [0, 0.05) is 13.2 Å². The Hall–Kier alpha value is -0.240. The third kappa shape index (κ3) is 19.8. The van der Waals surface area contributed by atoms with Gasteiger partial charge in [0.25, 0.3) is 0 Å². The van der Waals surface area contributed by atoms with Crippen molar-refractivity contribution in [1.29, 1.82) is 0 Å². The lowest BCUT2D eigenvalue weighted by Crippen LogP contribution is -2.20. The van der Waals surface area contributed by atoms with Crippen molar-refractivity contribution in [2.45, 2.75) is 20.3 Å². The molecule has 1 N–H and O–H groups in total. The van der Waals surface area contributed by atoms with Crippen LogP contribution in [0.2, 0.25) is 0 Å². The van der Waals surface area contributed by atoms with Crippen molar-refractivity contribution in [2.24, 2.45) is 0 Å². The molecule has 0 atom stereocenters. The summed E-state index contributed by atoms with van der Waals surface area (Å²) >= 11 is 0. The highest BCUT2D eigenvalue weighted by atomic mass is 16.6. The quantitative estimate of drug-likeness (QED) is 0.383. The lowest BCUT2D eigenvalue weighted by atomic mass is 10.5. The van der Waals surface area contributed by atoms with Crippen LogP contribution in [-0.2, 0) is 23.7 Å². The highest BCUT2D eigenvalue weighted by molar-refractivity contribution is 4.40. The molecule has 0 aliphatic carbocycles. The van der Waals surface area contributed by atoms with Crippen molar-refractivity contribution in [1.82, 2.24) is 5.32 Å². The summed E-state index contributed by atoms with van der Waals surface area (Å²) in [5.41, 5.74) is 0. The van der Waals surface area contributed by atoms with Gasteiger partial charge in [-0.1, -0.05) is 13.8 Å². The Labute approximate surface area is 129 Å². The van der Waals surface area contributed by atoms with Crippen LogP contribution in [-0.4, -0.2) is 79.2 Å². The normalized spacial score (nSPS) is 11.1. The minimum Gasteiger partial charge on any atom is -0.379 e. The van der Waals surface area contributed by atoms with Crippen LogP contribution in [0.4, 0.5) is 0 Å². The number of likely N-dealkylation sites (N-methyl/N-ethyl adjacent to an activating group) is 1. The number of hydrogen-bond donors (Lipinski definition) is 1. The zero-order valence-electron chi connectivity index (χ0n) is 13.7. The van der Waals surface area contributed by atoms with Crippen molar-refractivity contribution in [2.75, 3.05) is 79.2 Å². The molecule has 21 heavy (non-hydrogen) atoms. The van der Waals surface area contributed by atoms with Gasteiger partial charge in [-0.15, -0.1) is 0 Å². The Balaban J connectivity index is 2.90. The van der Waals surface area contributed by atoms with Gasteiger partial charge < -0.3 is 29.0 Å². The SMILES string of the molecule is CCCOCCOCCOCCOCCOCCNCC. The fourth-order valence-corrected chi connectivity index (χ4v) is 1.45. The summed E-state index contributed by atoms with van der Waals surface area (Å²) in [6.07, 6.45) is 1.05. The molecule has 6 nitrogen and oxygen atoms in total. The molecule has 0 heterocycles. The Morgan fingerprint density at radius 1 is 0.524 bits per heavy atom. The number of ether oxygens (including phenoxy) is 5. The minimum absolute atomic E-state index is 0.590. The summed E-state index contributed by atoms with van der Waals surface area (Å²) in [5, 5.41) is 3.19. The van der Waals surface area contributed by atoms with Crippen LogP contribution in [0.1, 0.15) is 20.3 Å². The van der Waals surface area contributed by atoms with Gasteiger partial charge >= 0.3 is 0 Å². The molecule has 0 aromatic carbocycles. The Kier molecular flexibility index (Phi) is 19.5. The van der Waals surface area contributed by atoms with Crippen LogP contribution in [0, 0.1) is 0 Å². The number of rotatable bonds is 18. The zero-order chi connectivity index (χ0) is 15.4. The maximum absolute atomic E-state index is 5.38. The zero-order valence-corrected chi connectivity index (χ0v) is 13.7. The molecule has 128 valence electrons. The van der Waals surface area contributed by atoms with Gasteiger partial charge in [0.05, 0.1) is 59.5 Å². The summed E-state index contributed by atoms with van der Waals surface area (Å²) in [7, 11) is 0. The maximum atomic E-state index is 5.38. The van der Waals surface area contributed by atoms with Gasteiger partial charge in [-0.05, 0) is 13.0 Å². The van der Waals surface area contributed by atoms with Crippen LogP contribution >= 0.6 is 0 Å². The fourth-order valence-electron chi connectivity index (χ4n) is 1.45. The smallest absolute Gasteiger partial charge is 0.0701 e. The van der Waals surface area contributed by atoms with E-state index in [2.05, 4.69) is 19.2 Å². The van der Waals surface area contributed by atoms with Crippen molar-refractivity contribution in [3.05, 3.63) is 0 Å². The Morgan fingerprint density at radius 3 is 1.29 bits per heavy atom. The summed E-state index contributed by atoms with van der Waals surface area (Å²) in [5.74, 6) is 0. The Morgan fingerprint density at radius 2 is 0.905 bits per heavy atom. The summed E-state index contributed by atoms with van der Waals surface area (Å²) < 4.78 is 26.8. The van der Waals surface area contributed by atoms with E-state index in [1.165, 1.54) is 0 Å². The molecule has 0 saturated carbocycles. The first-order chi connectivity index (χ1) is 10.4. The molecule has 0 aliphatic heterocycles. The molecule has 6 heteroatoms. The molecule has 0 amide bonds. The van der Waals surface area contributed by atoms with Crippen molar-refractivity contribution < 1.29 is 23.7 Å². The van der Waals surface area contributed by atoms with E-state index >= 15 is 0 Å². The van der Waals surface area contributed by atoms with Crippen molar-refractivity contribution >= 4 is 0 Å². The monoisotopic (exact) mass is 307 g/mol. The molecule has 0 unspecified atom stereocenters. The topological polar surface area (TPSA) is 58.2 Å². The molecule has 0 spiro atoms. The van der Waals surface area contributed by atoms with E-state index in [0.717, 1.165) is 32.7 Å². The predicted octanol–water partition coefficient (Wildman–Crippen LogP) is 1.09. The average Bonchev–Trinajstić information content (AvgIpc) is 2.50. The van der Waals surface area contributed by atoms with Gasteiger partial charge in [0.1, 0.15) is 0 Å². The summed E-state index contributed by atoms with van der Waals surface area (Å²) in [4.78, 5) is 0. The second kappa shape index (κ2) is 19.8. The van der Waals surface area contributed by atoms with E-state index in [1.807, 2.05) is 0 Å². The third-order valence-corrected chi connectivity index (χ3v) is 2.51. The molecular formula is C15H33NO5. The highest BCUT2D eigenvalue weighted by Gasteiger charge is 1.93. The lowest BCUT2D eigenvalue weighted by molar-refractivity contribution is -0.0107. The van der Waals surface area contributed by atoms with Crippen LogP contribution in [0.3, 0.4) is 0 Å². The molecule has 0 aromatic heterocycles. The average molecular weight is 307 g/mol. The predicted molar refractivity (Wildman–Crippen MR) is 82.9 cm³/mol. The first-order valence-electron chi connectivity index (χ1n) is 8.01. The largest absolute Gasteiger partial charge is 0.379 e. The number of hydrogen-bond acceptors (Lipinski definition) is 6. The van der Waals surface area contributed by atoms with E-state index in [1.54, 1.807) is 0 Å². The van der Waals surface area contributed by atoms with Gasteiger partial charge in [0.15, 0.2) is 0 Å². The standard InChI is InChI=1S/C15H33NO5/c1-3-6-17-8-10-19-12-14-21-15-13-20-11-9-18-7-5-16-4-2/h16H,3-15H2,1-2H3. The first-order valence-corrected chi connectivity index (χ1v) is 8.01. The molecule has 0 fully saturated rings. The molecule has 0 aliphatic rings. The van der Waals surface area contributed by atoms with Crippen molar-refractivity contribution in [3.63, 3.8) is 0 Å². The molecular weight excluding hydrogens is 274 g/mol. The fraction of sp³-hybridized carbons (Fsp3) is 1.00. The molecule has 0 aromatic rings. The third-order valence-electron chi connectivity index (χ3n) is 2.51. The summed E-state index contributed by atoms with van der Waals surface area (Å²) in [6, 6.07) is 0. The van der Waals surface area contributed by atoms with E-state index in [-0.39, 0.29) is 0 Å². The Bertz CT molecular complexity index is 165. The second-order valence-electron chi connectivity index (χ2n) is 4.42. The molecule has 0 saturated heterocycles. The second-order valence-corrected chi connectivity index (χ2v) is 4.42. The molecule has 0 rings (SSSR count).